The molecule has 4 nitrogen and oxygen atoms in total. The lowest BCUT2D eigenvalue weighted by Gasteiger charge is -2.14. The van der Waals surface area contributed by atoms with Gasteiger partial charge in [0.2, 0.25) is 0 Å². The summed E-state index contributed by atoms with van der Waals surface area (Å²) in [6, 6.07) is 17.5. The molecule has 0 saturated carbocycles. The third-order valence-corrected chi connectivity index (χ3v) is 4.56. The van der Waals surface area contributed by atoms with Crippen molar-refractivity contribution in [3.8, 4) is 5.75 Å². The largest absolute Gasteiger partial charge is 0.496 e. The Morgan fingerprint density at radius 1 is 1.08 bits per heavy atom. The number of aliphatic imine (C=N–C) groups is 1. The van der Waals surface area contributed by atoms with Crippen LogP contribution in [0.25, 0.3) is 10.8 Å². The van der Waals surface area contributed by atoms with Crippen LogP contribution >= 0.6 is 0 Å². The second-order valence-corrected chi connectivity index (χ2v) is 5.88. The first-order valence-corrected chi connectivity index (χ1v) is 8.29. The van der Waals surface area contributed by atoms with Crippen molar-refractivity contribution >= 4 is 34.3 Å². The zero-order valence-corrected chi connectivity index (χ0v) is 14.2. The first-order chi connectivity index (χ1) is 12.2. The van der Waals surface area contributed by atoms with Crippen LogP contribution < -0.4 is 9.64 Å². The molecule has 4 rings (SSSR count). The van der Waals surface area contributed by atoms with Crippen LogP contribution in [0.3, 0.4) is 0 Å². The lowest BCUT2D eigenvalue weighted by atomic mass is 10.0. The van der Waals surface area contributed by atoms with Gasteiger partial charge in [0.15, 0.2) is 0 Å². The minimum absolute atomic E-state index is 0.0639. The van der Waals surface area contributed by atoms with Gasteiger partial charge in [-0.15, -0.1) is 0 Å². The number of carbonyl (C=O) groups excluding carboxylic acids is 1. The van der Waals surface area contributed by atoms with E-state index in [0.717, 1.165) is 39.0 Å². The van der Waals surface area contributed by atoms with E-state index in [2.05, 4.69) is 4.99 Å². The van der Waals surface area contributed by atoms with E-state index in [1.165, 1.54) is 0 Å². The van der Waals surface area contributed by atoms with Crippen LogP contribution in [0.1, 0.15) is 22.8 Å². The highest BCUT2D eigenvalue weighted by atomic mass is 16.5. The summed E-state index contributed by atoms with van der Waals surface area (Å²) in [5, 5.41) is 1.98. The molecule has 0 aromatic heterocycles. The zero-order chi connectivity index (χ0) is 17.4. The van der Waals surface area contributed by atoms with E-state index in [-0.39, 0.29) is 5.91 Å². The first kappa shape index (κ1) is 15.4. The fourth-order valence-corrected chi connectivity index (χ4v) is 3.37. The molecule has 1 heterocycles. The van der Waals surface area contributed by atoms with Crippen molar-refractivity contribution in [3.63, 3.8) is 0 Å². The van der Waals surface area contributed by atoms with Crippen LogP contribution in [0.5, 0.6) is 5.75 Å². The summed E-state index contributed by atoms with van der Waals surface area (Å²) in [5.74, 6) is 0.846. The number of hydrogen-bond donors (Lipinski definition) is 0. The second-order valence-electron chi connectivity index (χ2n) is 5.88. The number of anilines is 1. The normalized spacial score (nSPS) is 13.2. The lowest BCUT2D eigenvalue weighted by Crippen LogP contribution is -2.25. The number of carbonyl (C=O) groups is 1. The fourth-order valence-electron chi connectivity index (χ4n) is 3.37. The second kappa shape index (κ2) is 6.06. The molecule has 0 radical (unpaired) electrons. The predicted octanol–water partition coefficient (Wildman–Crippen LogP) is 4.58. The standard InChI is InChI=1S/C21H18N2O2/c1-3-23-18-12-11-17(15-8-6-9-16(20(15)18)21(23)24)22-13-14-7-4-5-10-19(14)25-2/h4-13H,3H2,1-2H3. The van der Waals surface area contributed by atoms with Gasteiger partial charge in [-0.25, -0.2) is 0 Å². The van der Waals surface area contributed by atoms with Gasteiger partial charge in [0.05, 0.1) is 18.5 Å². The van der Waals surface area contributed by atoms with Crippen molar-refractivity contribution in [1.29, 1.82) is 0 Å². The maximum Gasteiger partial charge on any atom is 0.258 e. The van der Waals surface area contributed by atoms with Gasteiger partial charge in [0.25, 0.3) is 5.91 Å². The van der Waals surface area contributed by atoms with Crippen molar-refractivity contribution in [2.24, 2.45) is 4.99 Å². The Kier molecular flexibility index (Phi) is 3.73. The molecule has 124 valence electrons. The Labute approximate surface area is 146 Å². The summed E-state index contributed by atoms with van der Waals surface area (Å²) in [5.41, 5.74) is 3.48. The summed E-state index contributed by atoms with van der Waals surface area (Å²) in [6.45, 7) is 2.65. The number of methoxy groups -OCH3 is 1. The number of rotatable bonds is 4. The number of para-hydroxylation sites is 1. The Hall–Kier alpha value is -3.14. The Bertz CT molecular complexity index is 1010. The van der Waals surface area contributed by atoms with Crippen molar-refractivity contribution < 1.29 is 9.53 Å². The molecule has 0 spiro atoms. The SMILES string of the molecule is CCN1C(=O)c2cccc3c(N=Cc4ccccc4OC)ccc1c23. The summed E-state index contributed by atoms with van der Waals surface area (Å²) in [7, 11) is 1.65. The molecule has 3 aromatic carbocycles. The average molecular weight is 330 g/mol. The van der Waals surface area contributed by atoms with Crippen LogP contribution in [0.2, 0.25) is 0 Å². The molecular formula is C21H18N2O2. The van der Waals surface area contributed by atoms with E-state index in [1.807, 2.05) is 66.4 Å². The monoisotopic (exact) mass is 330 g/mol. The molecular weight excluding hydrogens is 312 g/mol. The van der Waals surface area contributed by atoms with Crippen LogP contribution in [-0.2, 0) is 0 Å². The highest BCUT2D eigenvalue weighted by molar-refractivity contribution is 6.26. The summed E-state index contributed by atoms with van der Waals surface area (Å²) in [4.78, 5) is 19.0. The third-order valence-electron chi connectivity index (χ3n) is 4.56. The minimum atomic E-state index is 0.0639. The molecule has 0 aliphatic carbocycles. The van der Waals surface area contributed by atoms with E-state index in [9.17, 15) is 4.79 Å². The Morgan fingerprint density at radius 3 is 2.72 bits per heavy atom. The molecule has 0 N–H and O–H groups in total. The third kappa shape index (κ3) is 2.38. The van der Waals surface area contributed by atoms with Crippen molar-refractivity contribution in [2.45, 2.75) is 6.92 Å². The molecule has 4 heteroatoms. The van der Waals surface area contributed by atoms with Crippen LogP contribution in [0.15, 0.2) is 59.6 Å². The Balaban J connectivity index is 1.84. The van der Waals surface area contributed by atoms with Crippen molar-refractivity contribution in [3.05, 3.63) is 65.7 Å². The highest BCUT2D eigenvalue weighted by Crippen LogP contribution is 2.41. The van der Waals surface area contributed by atoms with Gasteiger partial charge >= 0.3 is 0 Å². The number of ether oxygens (including phenoxy) is 1. The van der Waals surface area contributed by atoms with Gasteiger partial charge in [0.1, 0.15) is 5.75 Å². The number of benzene rings is 3. The molecule has 0 fully saturated rings. The predicted molar refractivity (Wildman–Crippen MR) is 102 cm³/mol. The van der Waals surface area contributed by atoms with Crippen LogP contribution in [-0.4, -0.2) is 25.8 Å². The van der Waals surface area contributed by atoms with Gasteiger partial charge in [-0.1, -0.05) is 24.3 Å². The van der Waals surface area contributed by atoms with E-state index >= 15 is 0 Å². The quantitative estimate of drug-likeness (QED) is 0.657. The summed E-state index contributed by atoms with van der Waals surface area (Å²) >= 11 is 0. The topological polar surface area (TPSA) is 41.9 Å². The Morgan fingerprint density at radius 2 is 1.92 bits per heavy atom. The number of amides is 1. The molecule has 1 aliphatic heterocycles. The van der Waals surface area contributed by atoms with E-state index < -0.39 is 0 Å². The van der Waals surface area contributed by atoms with E-state index in [4.69, 9.17) is 4.74 Å². The van der Waals surface area contributed by atoms with Crippen molar-refractivity contribution in [1.82, 2.24) is 0 Å². The van der Waals surface area contributed by atoms with Gasteiger partial charge in [-0.05, 0) is 37.3 Å². The maximum atomic E-state index is 12.6. The van der Waals surface area contributed by atoms with Crippen LogP contribution in [0.4, 0.5) is 11.4 Å². The number of hydrogen-bond acceptors (Lipinski definition) is 3. The lowest BCUT2D eigenvalue weighted by molar-refractivity contribution is 0.0994. The van der Waals surface area contributed by atoms with Gasteiger partial charge in [-0.2, -0.15) is 0 Å². The van der Waals surface area contributed by atoms with E-state index in [1.54, 1.807) is 13.3 Å². The smallest absolute Gasteiger partial charge is 0.258 e. The molecule has 0 bridgehead atoms. The van der Waals surface area contributed by atoms with Crippen molar-refractivity contribution in [2.75, 3.05) is 18.6 Å². The molecule has 0 atom stereocenters. The maximum absolute atomic E-state index is 12.6. The molecule has 0 unspecified atom stereocenters. The molecule has 25 heavy (non-hydrogen) atoms. The van der Waals surface area contributed by atoms with Gasteiger partial charge in [-0.3, -0.25) is 9.79 Å². The molecule has 1 aliphatic rings. The number of nitrogens with zero attached hydrogens (tertiary/aromatic N) is 2. The van der Waals surface area contributed by atoms with Gasteiger partial charge in [0, 0.05) is 34.7 Å². The average Bonchev–Trinajstić information content (AvgIpc) is 2.94. The van der Waals surface area contributed by atoms with Gasteiger partial charge < -0.3 is 9.64 Å². The molecule has 1 amide bonds. The highest BCUT2D eigenvalue weighted by Gasteiger charge is 2.29. The zero-order valence-electron chi connectivity index (χ0n) is 14.2. The van der Waals surface area contributed by atoms with Crippen LogP contribution in [0, 0.1) is 0 Å². The summed E-state index contributed by atoms with van der Waals surface area (Å²) < 4.78 is 5.37. The van der Waals surface area contributed by atoms with E-state index in [0.29, 0.717) is 6.54 Å². The fraction of sp³-hybridized carbons (Fsp3) is 0.143. The first-order valence-electron chi connectivity index (χ1n) is 8.29. The molecule has 3 aromatic rings. The molecule has 0 saturated heterocycles. The minimum Gasteiger partial charge on any atom is -0.496 e. The summed E-state index contributed by atoms with van der Waals surface area (Å²) in [6.07, 6.45) is 1.80.